The first-order valence-corrected chi connectivity index (χ1v) is 5.02. The van der Waals surface area contributed by atoms with Crippen molar-refractivity contribution in [3.05, 3.63) is 0 Å². The van der Waals surface area contributed by atoms with Crippen LogP contribution in [0.25, 0.3) is 0 Å². The second-order valence-corrected chi connectivity index (χ2v) is 4.07. The molecule has 1 aliphatic heterocycles. The Morgan fingerprint density at radius 1 is 1.44 bits per heavy atom. The molecular formula is C11H16N2O3. The van der Waals surface area contributed by atoms with Gasteiger partial charge in [0, 0.05) is 14.1 Å². The van der Waals surface area contributed by atoms with Gasteiger partial charge in [-0.15, -0.1) is 0 Å². The molecule has 0 unspecified atom stereocenters. The zero-order chi connectivity index (χ0) is 12.2. The normalized spacial score (nSPS) is 16.4. The summed E-state index contributed by atoms with van der Waals surface area (Å²) in [5.41, 5.74) is -0.567. The van der Waals surface area contributed by atoms with E-state index in [2.05, 4.69) is 17.2 Å². The minimum absolute atomic E-state index is 0.0342. The highest BCUT2D eigenvalue weighted by Gasteiger charge is 2.42. The van der Waals surface area contributed by atoms with Gasteiger partial charge < -0.3 is 15.0 Å². The van der Waals surface area contributed by atoms with Gasteiger partial charge in [-0.1, -0.05) is 5.92 Å². The summed E-state index contributed by atoms with van der Waals surface area (Å²) < 4.78 is 5.06. The van der Waals surface area contributed by atoms with Gasteiger partial charge in [0.25, 0.3) is 5.91 Å². The third-order valence-corrected chi connectivity index (χ3v) is 2.36. The monoisotopic (exact) mass is 224 g/mol. The number of nitrogens with zero attached hydrogens (tertiary/aromatic N) is 1. The number of ether oxygens (including phenoxy) is 1. The average molecular weight is 224 g/mol. The summed E-state index contributed by atoms with van der Waals surface area (Å²) in [7, 11) is 3.37. The first kappa shape index (κ1) is 12.5. The fourth-order valence-corrected chi connectivity index (χ4v) is 1.40. The smallest absolute Gasteiger partial charge is 0.296 e. The number of hydrogen-bond donors (Lipinski definition) is 1. The summed E-state index contributed by atoms with van der Waals surface area (Å²) in [4.78, 5) is 24.4. The Balaban J connectivity index is 2.59. The zero-order valence-electron chi connectivity index (χ0n) is 9.79. The van der Waals surface area contributed by atoms with Crippen molar-refractivity contribution >= 4 is 11.8 Å². The molecule has 1 fully saturated rings. The molecule has 1 saturated heterocycles. The van der Waals surface area contributed by atoms with E-state index in [9.17, 15) is 9.59 Å². The van der Waals surface area contributed by atoms with E-state index in [0.717, 1.165) is 0 Å². The number of carbonyl (C=O) groups excluding carboxylic acids is 2. The van der Waals surface area contributed by atoms with Crippen LogP contribution >= 0.6 is 0 Å². The molecule has 16 heavy (non-hydrogen) atoms. The van der Waals surface area contributed by atoms with Gasteiger partial charge in [0.15, 0.2) is 0 Å². The molecule has 1 rings (SSSR count). The van der Waals surface area contributed by atoms with Gasteiger partial charge >= 0.3 is 0 Å². The molecule has 0 aromatic carbocycles. The van der Waals surface area contributed by atoms with Gasteiger partial charge in [0.2, 0.25) is 5.91 Å². The van der Waals surface area contributed by atoms with Crippen LogP contribution in [0.2, 0.25) is 0 Å². The molecule has 5 nitrogen and oxygen atoms in total. The van der Waals surface area contributed by atoms with Crippen molar-refractivity contribution in [3.8, 4) is 11.8 Å². The van der Waals surface area contributed by atoms with Crippen LogP contribution in [0, 0.1) is 11.8 Å². The number of nitrogens with one attached hydrogen (secondary N) is 1. The van der Waals surface area contributed by atoms with Gasteiger partial charge in [-0.05, 0) is 12.8 Å². The predicted molar refractivity (Wildman–Crippen MR) is 58.5 cm³/mol. The van der Waals surface area contributed by atoms with E-state index < -0.39 is 5.54 Å². The standard InChI is InChI=1S/C11H16N2O3/c1-4-5-9(14)12-11(7-16-8-11)6-10(15)13(2)3/h6-8H2,1-3H3,(H,12,14). The van der Waals surface area contributed by atoms with Crippen LogP contribution in [0.3, 0.4) is 0 Å². The number of amides is 2. The van der Waals surface area contributed by atoms with E-state index in [4.69, 9.17) is 4.74 Å². The molecule has 0 saturated carbocycles. The van der Waals surface area contributed by atoms with Crippen molar-refractivity contribution in [2.75, 3.05) is 27.3 Å². The molecule has 0 aromatic heterocycles. The SMILES string of the molecule is CC#CC(=O)NC1(CC(=O)N(C)C)COC1. The lowest BCUT2D eigenvalue weighted by Gasteiger charge is -2.41. The van der Waals surface area contributed by atoms with Gasteiger partial charge in [-0.2, -0.15) is 0 Å². The molecule has 0 spiro atoms. The summed E-state index contributed by atoms with van der Waals surface area (Å²) in [5, 5.41) is 2.73. The van der Waals surface area contributed by atoms with E-state index >= 15 is 0 Å². The molecule has 1 aliphatic rings. The number of carbonyl (C=O) groups is 2. The largest absolute Gasteiger partial charge is 0.376 e. The Morgan fingerprint density at radius 3 is 2.44 bits per heavy atom. The zero-order valence-corrected chi connectivity index (χ0v) is 9.79. The summed E-state index contributed by atoms with van der Waals surface area (Å²) >= 11 is 0. The topological polar surface area (TPSA) is 58.6 Å². The van der Waals surface area contributed by atoms with E-state index in [1.54, 1.807) is 21.0 Å². The maximum atomic E-state index is 11.6. The number of rotatable bonds is 3. The van der Waals surface area contributed by atoms with Gasteiger partial charge in [-0.3, -0.25) is 9.59 Å². The molecule has 1 N–H and O–H groups in total. The van der Waals surface area contributed by atoms with Crippen LogP contribution in [0.5, 0.6) is 0 Å². The Morgan fingerprint density at radius 2 is 2.06 bits per heavy atom. The molecule has 5 heteroatoms. The first-order valence-electron chi connectivity index (χ1n) is 5.02. The molecule has 0 bridgehead atoms. The highest BCUT2D eigenvalue weighted by molar-refractivity contribution is 5.94. The van der Waals surface area contributed by atoms with Crippen molar-refractivity contribution in [2.24, 2.45) is 0 Å². The Bertz CT molecular complexity index is 348. The molecule has 1 heterocycles. The second-order valence-electron chi connectivity index (χ2n) is 4.07. The van der Waals surface area contributed by atoms with Crippen molar-refractivity contribution in [2.45, 2.75) is 18.9 Å². The van der Waals surface area contributed by atoms with Crippen LogP contribution in [0.15, 0.2) is 0 Å². The Kier molecular flexibility index (Phi) is 3.91. The second kappa shape index (κ2) is 4.99. The Labute approximate surface area is 95.1 Å². The minimum atomic E-state index is -0.567. The van der Waals surface area contributed by atoms with E-state index in [1.807, 2.05) is 0 Å². The van der Waals surface area contributed by atoms with Gasteiger partial charge in [-0.25, -0.2) is 0 Å². The highest BCUT2D eigenvalue weighted by atomic mass is 16.5. The maximum Gasteiger partial charge on any atom is 0.296 e. The van der Waals surface area contributed by atoms with Crippen molar-refractivity contribution in [3.63, 3.8) is 0 Å². The van der Waals surface area contributed by atoms with Crippen LogP contribution in [0.4, 0.5) is 0 Å². The summed E-state index contributed by atoms with van der Waals surface area (Å²) in [6.45, 7) is 2.32. The summed E-state index contributed by atoms with van der Waals surface area (Å²) in [5.74, 6) is 4.51. The fraction of sp³-hybridized carbons (Fsp3) is 0.636. The molecule has 0 aromatic rings. The van der Waals surface area contributed by atoms with E-state index in [-0.39, 0.29) is 18.2 Å². The van der Waals surface area contributed by atoms with Crippen LogP contribution < -0.4 is 5.32 Å². The van der Waals surface area contributed by atoms with Gasteiger partial charge in [0.1, 0.15) is 0 Å². The lowest BCUT2D eigenvalue weighted by Crippen LogP contribution is -2.63. The quantitative estimate of drug-likeness (QED) is 0.650. The molecule has 2 amide bonds. The molecule has 88 valence electrons. The third kappa shape index (κ3) is 2.97. The lowest BCUT2D eigenvalue weighted by atomic mass is 9.92. The van der Waals surface area contributed by atoms with Crippen LogP contribution in [0.1, 0.15) is 13.3 Å². The molecule has 0 aliphatic carbocycles. The van der Waals surface area contributed by atoms with E-state index in [1.165, 1.54) is 4.90 Å². The summed E-state index contributed by atoms with van der Waals surface area (Å²) in [6, 6.07) is 0. The average Bonchev–Trinajstić information content (AvgIpc) is 2.14. The third-order valence-electron chi connectivity index (χ3n) is 2.36. The maximum absolute atomic E-state index is 11.6. The van der Waals surface area contributed by atoms with Crippen molar-refractivity contribution in [1.29, 1.82) is 0 Å². The first-order chi connectivity index (χ1) is 7.49. The van der Waals surface area contributed by atoms with Crippen molar-refractivity contribution in [1.82, 2.24) is 10.2 Å². The van der Waals surface area contributed by atoms with Crippen LogP contribution in [-0.4, -0.2) is 49.6 Å². The number of hydrogen-bond acceptors (Lipinski definition) is 3. The fourth-order valence-electron chi connectivity index (χ4n) is 1.40. The summed E-state index contributed by atoms with van der Waals surface area (Å²) in [6.07, 6.45) is 0.247. The van der Waals surface area contributed by atoms with Crippen molar-refractivity contribution < 1.29 is 14.3 Å². The highest BCUT2D eigenvalue weighted by Crippen LogP contribution is 2.21. The lowest BCUT2D eigenvalue weighted by molar-refractivity contribution is -0.142. The van der Waals surface area contributed by atoms with Crippen LogP contribution in [-0.2, 0) is 14.3 Å². The van der Waals surface area contributed by atoms with E-state index in [0.29, 0.717) is 13.2 Å². The Hall–Kier alpha value is -1.54. The molecule has 0 atom stereocenters. The minimum Gasteiger partial charge on any atom is -0.376 e. The van der Waals surface area contributed by atoms with Gasteiger partial charge in [0.05, 0.1) is 25.2 Å². The predicted octanol–water partition coefficient (Wildman–Crippen LogP) is -0.627. The molecule has 0 radical (unpaired) electrons. The molecular weight excluding hydrogens is 208 g/mol.